The molecule has 1 atom stereocenters. The van der Waals surface area contributed by atoms with Crippen molar-refractivity contribution < 1.29 is 4.79 Å². The van der Waals surface area contributed by atoms with Crippen LogP contribution < -0.4 is 10.2 Å². The number of likely N-dealkylation sites (tertiary alicyclic amines) is 1. The van der Waals surface area contributed by atoms with Gasteiger partial charge in [0.15, 0.2) is 5.13 Å². The second-order valence-corrected chi connectivity index (χ2v) is 11.1. The summed E-state index contributed by atoms with van der Waals surface area (Å²) in [5.74, 6) is 1.36. The van der Waals surface area contributed by atoms with Gasteiger partial charge in [-0.05, 0) is 56.2 Å². The van der Waals surface area contributed by atoms with Crippen LogP contribution in [0.2, 0.25) is 0 Å². The molecule has 2 aliphatic rings. The molecule has 2 heterocycles. The summed E-state index contributed by atoms with van der Waals surface area (Å²) >= 11 is 1.51. The number of para-hydroxylation sites is 1. The van der Waals surface area contributed by atoms with Gasteiger partial charge in [-0.1, -0.05) is 63.1 Å². The summed E-state index contributed by atoms with van der Waals surface area (Å²) in [6, 6.07) is 10.1. The molecule has 4 rings (SSSR count). The monoisotopic (exact) mass is 482 g/mol. The maximum Gasteiger partial charge on any atom is 0.270 e. The number of thiazole rings is 1. The molecule has 0 spiro atoms. The lowest BCUT2D eigenvalue weighted by Gasteiger charge is -2.35. The molecular weight excluding hydrogens is 440 g/mol. The molecule has 1 aliphatic carbocycles. The normalized spacial score (nSPS) is 21.1. The Labute approximate surface area is 210 Å². The third-order valence-corrected chi connectivity index (χ3v) is 8.47. The van der Waals surface area contributed by atoms with E-state index in [0.717, 1.165) is 29.8 Å². The number of piperidine rings is 1. The second kappa shape index (κ2) is 13.2. The Balaban J connectivity index is 1.23. The van der Waals surface area contributed by atoms with Crippen LogP contribution in [-0.2, 0) is 0 Å². The van der Waals surface area contributed by atoms with Gasteiger partial charge in [-0.2, -0.15) is 0 Å². The minimum atomic E-state index is -0.0478. The van der Waals surface area contributed by atoms with Gasteiger partial charge in [-0.25, -0.2) is 4.98 Å². The lowest BCUT2D eigenvalue weighted by molar-refractivity contribution is 0.0921. The first kappa shape index (κ1) is 25.2. The van der Waals surface area contributed by atoms with Gasteiger partial charge in [-0.3, -0.25) is 4.79 Å². The number of benzene rings is 1. The van der Waals surface area contributed by atoms with E-state index in [4.69, 9.17) is 0 Å². The van der Waals surface area contributed by atoms with Crippen molar-refractivity contribution in [3.05, 3.63) is 41.4 Å². The van der Waals surface area contributed by atoms with E-state index in [1.54, 1.807) is 0 Å². The Morgan fingerprint density at radius 3 is 2.41 bits per heavy atom. The lowest BCUT2D eigenvalue weighted by atomic mass is 9.90. The number of nitrogens with one attached hydrogen (secondary N) is 1. The molecule has 1 saturated carbocycles. The molecule has 34 heavy (non-hydrogen) atoms. The summed E-state index contributed by atoms with van der Waals surface area (Å²) in [7, 11) is 1.99. The van der Waals surface area contributed by atoms with Crippen molar-refractivity contribution in [3.8, 4) is 0 Å². The van der Waals surface area contributed by atoms with Crippen LogP contribution >= 0.6 is 11.3 Å². The average Bonchev–Trinajstić information content (AvgIpc) is 3.37. The fourth-order valence-corrected chi connectivity index (χ4v) is 6.33. The number of carbonyl (C=O) groups excluding carboxylic acids is 1. The Hall–Kier alpha value is -1.92. The van der Waals surface area contributed by atoms with Crippen LogP contribution in [-0.4, -0.2) is 49.0 Å². The van der Waals surface area contributed by atoms with Crippen LogP contribution in [0.4, 0.5) is 10.8 Å². The Morgan fingerprint density at radius 1 is 1.00 bits per heavy atom. The van der Waals surface area contributed by atoms with Gasteiger partial charge in [0.1, 0.15) is 5.69 Å². The summed E-state index contributed by atoms with van der Waals surface area (Å²) in [6.45, 7) is 4.35. The topological polar surface area (TPSA) is 48.5 Å². The van der Waals surface area contributed by atoms with Crippen molar-refractivity contribution in [3.63, 3.8) is 0 Å². The van der Waals surface area contributed by atoms with Gasteiger partial charge in [0.05, 0.1) is 0 Å². The summed E-state index contributed by atoms with van der Waals surface area (Å²) in [5.41, 5.74) is 1.60. The zero-order chi connectivity index (χ0) is 23.6. The molecular formula is C28H42N4OS. The minimum Gasteiger partial charge on any atom is -0.350 e. The highest BCUT2D eigenvalue weighted by Gasteiger charge is 2.23. The standard InChI is InChI=1S/C28H42N4OS/c1-31(25-16-10-7-11-17-25)28-30-26(22-34-28)27(33)29-19-24-15-12-18-32(21-24)20-23-13-8-5-3-2-4-6-9-14-23/h7,10-11,16-17,22-24H,2-6,8-9,12-15,18-21H2,1H3,(H,29,33)/t24-/m0/s1. The first-order chi connectivity index (χ1) is 16.7. The highest BCUT2D eigenvalue weighted by Crippen LogP contribution is 2.27. The SMILES string of the molecule is CN(c1ccccc1)c1nc(C(=O)NC[C@@H]2CCCN(CC3CCCCCCCCC3)C2)cs1. The number of rotatable bonds is 7. The van der Waals surface area contributed by atoms with Gasteiger partial charge in [0.2, 0.25) is 0 Å². The molecule has 0 unspecified atom stereocenters. The Bertz CT molecular complexity index is 860. The van der Waals surface area contributed by atoms with Crippen LogP contribution in [0.1, 0.15) is 81.1 Å². The van der Waals surface area contributed by atoms with E-state index >= 15 is 0 Å². The molecule has 2 aromatic rings. The minimum absolute atomic E-state index is 0.0478. The van der Waals surface area contributed by atoms with Gasteiger partial charge < -0.3 is 15.1 Å². The van der Waals surface area contributed by atoms with Gasteiger partial charge in [-0.15, -0.1) is 11.3 Å². The number of nitrogens with zero attached hydrogens (tertiary/aromatic N) is 3. The van der Waals surface area contributed by atoms with E-state index in [1.165, 1.54) is 95.1 Å². The van der Waals surface area contributed by atoms with Crippen molar-refractivity contribution >= 4 is 28.1 Å². The summed E-state index contributed by atoms with van der Waals surface area (Å²) < 4.78 is 0. The quantitative estimate of drug-likeness (QED) is 0.490. The average molecular weight is 483 g/mol. The maximum atomic E-state index is 12.8. The Morgan fingerprint density at radius 2 is 1.68 bits per heavy atom. The molecule has 0 bridgehead atoms. The van der Waals surface area contributed by atoms with Crippen LogP contribution in [0.3, 0.4) is 0 Å². The van der Waals surface area contributed by atoms with Gasteiger partial charge in [0, 0.05) is 37.7 Å². The van der Waals surface area contributed by atoms with E-state index in [9.17, 15) is 4.79 Å². The van der Waals surface area contributed by atoms with Crippen molar-refractivity contribution in [2.45, 2.75) is 70.6 Å². The molecule has 6 heteroatoms. The number of anilines is 2. The van der Waals surface area contributed by atoms with E-state index in [0.29, 0.717) is 11.6 Å². The fourth-order valence-electron chi connectivity index (χ4n) is 5.54. The molecule has 2 fully saturated rings. The predicted molar refractivity (Wildman–Crippen MR) is 143 cm³/mol. The van der Waals surface area contributed by atoms with Crippen LogP contribution in [0.5, 0.6) is 0 Å². The molecule has 1 aliphatic heterocycles. The summed E-state index contributed by atoms with van der Waals surface area (Å²) in [5, 5.41) is 5.89. The maximum absolute atomic E-state index is 12.8. The molecule has 186 valence electrons. The predicted octanol–water partition coefficient (Wildman–Crippen LogP) is 6.49. The number of amides is 1. The third-order valence-electron chi connectivity index (χ3n) is 7.55. The summed E-state index contributed by atoms with van der Waals surface area (Å²) in [6.07, 6.45) is 15.2. The first-order valence-electron chi connectivity index (χ1n) is 13.4. The summed E-state index contributed by atoms with van der Waals surface area (Å²) in [4.78, 5) is 22.1. The van der Waals surface area contributed by atoms with E-state index in [1.807, 2.05) is 35.5 Å². The zero-order valence-electron chi connectivity index (χ0n) is 20.9. The highest BCUT2D eigenvalue weighted by atomic mass is 32.1. The smallest absolute Gasteiger partial charge is 0.270 e. The number of carbonyl (C=O) groups is 1. The highest BCUT2D eigenvalue weighted by molar-refractivity contribution is 7.14. The molecule has 1 N–H and O–H groups in total. The Kier molecular flexibility index (Phi) is 9.81. The van der Waals surface area contributed by atoms with E-state index < -0.39 is 0 Å². The zero-order valence-corrected chi connectivity index (χ0v) is 21.7. The van der Waals surface area contributed by atoms with Crippen LogP contribution in [0, 0.1) is 11.8 Å². The van der Waals surface area contributed by atoms with Crippen molar-refractivity contribution in [2.75, 3.05) is 38.1 Å². The van der Waals surface area contributed by atoms with E-state index in [-0.39, 0.29) is 5.91 Å². The fraction of sp³-hybridized carbons (Fsp3) is 0.643. The molecule has 1 saturated heterocycles. The van der Waals surface area contributed by atoms with Crippen molar-refractivity contribution in [2.24, 2.45) is 11.8 Å². The van der Waals surface area contributed by atoms with Crippen LogP contribution in [0.25, 0.3) is 0 Å². The molecule has 0 radical (unpaired) electrons. The second-order valence-electron chi connectivity index (χ2n) is 10.3. The molecule has 5 nitrogen and oxygen atoms in total. The van der Waals surface area contributed by atoms with Gasteiger partial charge >= 0.3 is 0 Å². The number of hydrogen-bond donors (Lipinski definition) is 1. The number of hydrogen-bond acceptors (Lipinski definition) is 5. The molecule has 1 aromatic heterocycles. The third kappa shape index (κ3) is 7.54. The van der Waals surface area contributed by atoms with Crippen molar-refractivity contribution in [1.82, 2.24) is 15.2 Å². The van der Waals surface area contributed by atoms with E-state index in [2.05, 4.69) is 27.3 Å². The van der Waals surface area contributed by atoms with Gasteiger partial charge in [0.25, 0.3) is 5.91 Å². The van der Waals surface area contributed by atoms with Crippen molar-refractivity contribution in [1.29, 1.82) is 0 Å². The van der Waals surface area contributed by atoms with Crippen LogP contribution in [0.15, 0.2) is 35.7 Å². The molecule has 1 aromatic carbocycles. The first-order valence-corrected chi connectivity index (χ1v) is 14.3. The lowest BCUT2D eigenvalue weighted by Crippen LogP contribution is -2.42. The largest absolute Gasteiger partial charge is 0.350 e. The molecule has 1 amide bonds. The number of aromatic nitrogens is 1.